The molecule has 1 unspecified atom stereocenters. The van der Waals surface area contributed by atoms with Gasteiger partial charge in [-0.25, -0.2) is 0 Å². The van der Waals surface area contributed by atoms with Crippen molar-refractivity contribution in [2.75, 3.05) is 24.5 Å². The molecule has 18 heavy (non-hydrogen) atoms. The summed E-state index contributed by atoms with van der Waals surface area (Å²) in [6.07, 6.45) is 2.79. The molecule has 1 aromatic rings. The average Bonchev–Trinajstić information content (AvgIpc) is 3.17. The summed E-state index contributed by atoms with van der Waals surface area (Å²) in [7, 11) is 0. The second kappa shape index (κ2) is 4.53. The molecule has 3 heteroatoms. The molecule has 1 atom stereocenters. The minimum atomic E-state index is 0.307. The minimum absolute atomic E-state index is 0.307. The number of hydrogen-bond acceptors (Lipinski definition) is 2. The molecule has 0 aromatic heterocycles. The molecule has 1 saturated heterocycles. The predicted octanol–water partition coefficient (Wildman–Crippen LogP) is 3.34. The van der Waals surface area contributed by atoms with Crippen molar-refractivity contribution in [3.05, 3.63) is 28.2 Å². The van der Waals surface area contributed by atoms with Gasteiger partial charge in [0, 0.05) is 29.6 Å². The fourth-order valence-corrected chi connectivity index (χ4v) is 3.57. The monoisotopic (exact) mass is 308 g/mol. The van der Waals surface area contributed by atoms with Gasteiger partial charge < -0.3 is 10.2 Å². The van der Waals surface area contributed by atoms with Crippen molar-refractivity contribution in [1.82, 2.24) is 5.32 Å². The fraction of sp³-hybridized carbons (Fsp3) is 0.600. The molecule has 1 aliphatic heterocycles. The lowest BCUT2D eigenvalue weighted by Crippen LogP contribution is -2.60. The van der Waals surface area contributed by atoms with Crippen molar-refractivity contribution in [3.63, 3.8) is 0 Å². The zero-order chi connectivity index (χ0) is 12.8. The van der Waals surface area contributed by atoms with Gasteiger partial charge in [0.2, 0.25) is 0 Å². The Labute approximate surface area is 118 Å². The van der Waals surface area contributed by atoms with Crippen molar-refractivity contribution in [3.8, 4) is 0 Å². The number of halogens is 1. The molecule has 1 aromatic carbocycles. The molecular weight excluding hydrogens is 288 g/mol. The van der Waals surface area contributed by atoms with E-state index in [4.69, 9.17) is 0 Å². The Kier molecular flexibility index (Phi) is 3.15. The third kappa shape index (κ3) is 2.30. The molecule has 1 N–H and O–H groups in total. The molecule has 2 nitrogen and oxygen atoms in total. The maximum absolute atomic E-state index is 3.73. The molecule has 2 fully saturated rings. The van der Waals surface area contributed by atoms with Crippen LogP contribution in [0.15, 0.2) is 22.7 Å². The van der Waals surface area contributed by atoms with Crippen LogP contribution < -0.4 is 10.2 Å². The first-order chi connectivity index (χ1) is 8.58. The lowest BCUT2D eigenvalue weighted by atomic mass is 9.92. The predicted molar refractivity (Wildman–Crippen MR) is 80.2 cm³/mol. The quantitative estimate of drug-likeness (QED) is 0.901. The van der Waals surface area contributed by atoms with Crippen LogP contribution in [-0.2, 0) is 0 Å². The van der Waals surface area contributed by atoms with Crippen LogP contribution in [0.5, 0.6) is 0 Å². The summed E-state index contributed by atoms with van der Waals surface area (Å²) in [6.45, 7) is 7.87. The van der Waals surface area contributed by atoms with E-state index < -0.39 is 0 Å². The van der Waals surface area contributed by atoms with Crippen molar-refractivity contribution in [1.29, 1.82) is 0 Å². The normalized spacial score (nSPS) is 28.5. The van der Waals surface area contributed by atoms with Crippen LogP contribution in [-0.4, -0.2) is 25.2 Å². The van der Waals surface area contributed by atoms with Crippen LogP contribution in [0.25, 0.3) is 0 Å². The number of anilines is 1. The first-order valence-corrected chi connectivity index (χ1v) is 7.64. The van der Waals surface area contributed by atoms with Crippen LogP contribution in [0.2, 0.25) is 0 Å². The molecule has 1 heterocycles. The Morgan fingerprint density at radius 2 is 2.17 bits per heavy atom. The Hall–Kier alpha value is -0.540. The number of nitrogens with zero attached hydrogens (tertiary/aromatic N) is 1. The van der Waals surface area contributed by atoms with Crippen LogP contribution >= 0.6 is 15.9 Å². The van der Waals surface area contributed by atoms with Gasteiger partial charge in [0.1, 0.15) is 0 Å². The van der Waals surface area contributed by atoms with Crippen LogP contribution in [0.4, 0.5) is 5.69 Å². The Morgan fingerprint density at radius 3 is 2.89 bits per heavy atom. The molecule has 1 saturated carbocycles. The van der Waals surface area contributed by atoms with E-state index in [2.05, 4.69) is 58.2 Å². The van der Waals surface area contributed by atoms with Gasteiger partial charge in [0.25, 0.3) is 0 Å². The largest absolute Gasteiger partial charge is 0.367 e. The number of piperazine rings is 1. The summed E-state index contributed by atoms with van der Waals surface area (Å²) in [6, 6.07) is 6.62. The molecule has 0 spiro atoms. The standard InChI is InChI=1S/C15H21BrN2/c1-11-3-6-13(16)14(9-11)18-8-7-17-15(2,10-18)12-4-5-12/h3,6,9,12,17H,4-5,7-8,10H2,1-2H3. The highest BCUT2D eigenvalue weighted by Gasteiger charge is 2.44. The van der Waals surface area contributed by atoms with Gasteiger partial charge in [-0.1, -0.05) is 6.07 Å². The maximum atomic E-state index is 3.73. The van der Waals surface area contributed by atoms with E-state index >= 15 is 0 Å². The van der Waals surface area contributed by atoms with E-state index in [0.717, 1.165) is 25.6 Å². The zero-order valence-electron chi connectivity index (χ0n) is 11.2. The minimum Gasteiger partial charge on any atom is -0.367 e. The summed E-state index contributed by atoms with van der Waals surface area (Å²) in [4.78, 5) is 2.53. The van der Waals surface area contributed by atoms with E-state index in [1.54, 1.807) is 0 Å². The molecule has 3 rings (SSSR count). The highest BCUT2D eigenvalue weighted by molar-refractivity contribution is 9.10. The van der Waals surface area contributed by atoms with E-state index in [1.165, 1.54) is 28.6 Å². The van der Waals surface area contributed by atoms with Crippen LogP contribution in [0, 0.1) is 12.8 Å². The second-order valence-electron chi connectivity index (χ2n) is 5.99. The molecule has 0 radical (unpaired) electrons. The van der Waals surface area contributed by atoms with Gasteiger partial charge in [0.05, 0.1) is 5.69 Å². The topological polar surface area (TPSA) is 15.3 Å². The molecule has 2 aliphatic rings. The third-order valence-electron chi connectivity index (χ3n) is 4.35. The van der Waals surface area contributed by atoms with Crippen molar-refractivity contribution < 1.29 is 0 Å². The average molecular weight is 309 g/mol. The van der Waals surface area contributed by atoms with Crippen LogP contribution in [0.3, 0.4) is 0 Å². The lowest BCUT2D eigenvalue weighted by Gasteiger charge is -2.43. The number of hydrogen-bond donors (Lipinski definition) is 1. The van der Waals surface area contributed by atoms with Crippen molar-refractivity contribution in [2.45, 2.75) is 32.2 Å². The Morgan fingerprint density at radius 1 is 1.39 bits per heavy atom. The Bertz CT molecular complexity index is 456. The smallest absolute Gasteiger partial charge is 0.0514 e. The summed E-state index contributed by atoms with van der Waals surface area (Å²) >= 11 is 3.69. The zero-order valence-corrected chi connectivity index (χ0v) is 12.8. The molecule has 0 amide bonds. The fourth-order valence-electron chi connectivity index (χ4n) is 3.07. The van der Waals surface area contributed by atoms with Gasteiger partial charge in [0.15, 0.2) is 0 Å². The lowest BCUT2D eigenvalue weighted by molar-refractivity contribution is 0.285. The van der Waals surface area contributed by atoms with Gasteiger partial charge in [-0.3, -0.25) is 0 Å². The maximum Gasteiger partial charge on any atom is 0.0514 e. The molecular formula is C15H21BrN2. The van der Waals surface area contributed by atoms with E-state index in [0.29, 0.717) is 5.54 Å². The Balaban J connectivity index is 1.85. The first kappa shape index (κ1) is 12.5. The van der Waals surface area contributed by atoms with E-state index in [1.807, 2.05) is 0 Å². The summed E-state index contributed by atoms with van der Waals surface area (Å²) in [5.41, 5.74) is 2.99. The molecule has 1 aliphatic carbocycles. The first-order valence-electron chi connectivity index (χ1n) is 6.85. The number of rotatable bonds is 2. The molecule has 98 valence electrons. The third-order valence-corrected chi connectivity index (χ3v) is 5.02. The highest BCUT2D eigenvalue weighted by Crippen LogP contribution is 2.42. The number of benzene rings is 1. The van der Waals surface area contributed by atoms with Crippen LogP contribution in [0.1, 0.15) is 25.3 Å². The summed E-state index contributed by atoms with van der Waals surface area (Å²) < 4.78 is 1.22. The number of aryl methyl sites for hydroxylation is 1. The van der Waals surface area contributed by atoms with Crippen molar-refractivity contribution >= 4 is 21.6 Å². The van der Waals surface area contributed by atoms with Gasteiger partial charge in [-0.15, -0.1) is 0 Å². The van der Waals surface area contributed by atoms with Gasteiger partial charge in [-0.05, 0) is 66.2 Å². The SMILES string of the molecule is Cc1ccc(Br)c(N2CCNC(C)(C3CC3)C2)c1. The number of nitrogens with one attached hydrogen (secondary N) is 1. The second-order valence-corrected chi connectivity index (χ2v) is 6.85. The van der Waals surface area contributed by atoms with E-state index in [9.17, 15) is 0 Å². The van der Waals surface area contributed by atoms with Gasteiger partial charge >= 0.3 is 0 Å². The summed E-state index contributed by atoms with van der Waals surface area (Å²) in [5.74, 6) is 0.879. The molecule has 0 bridgehead atoms. The van der Waals surface area contributed by atoms with Crippen molar-refractivity contribution in [2.24, 2.45) is 5.92 Å². The van der Waals surface area contributed by atoms with Gasteiger partial charge in [-0.2, -0.15) is 0 Å². The summed E-state index contributed by atoms with van der Waals surface area (Å²) in [5, 5.41) is 3.73. The van der Waals surface area contributed by atoms with E-state index in [-0.39, 0.29) is 0 Å². The highest BCUT2D eigenvalue weighted by atomic mass is 79.9.